The molecule has 1 aliphatic heterocycles. The van der Waals surface area contributed by atoms with Gasteiger partial charge in [-0.15, -0.1) is 0 Å². The minimum Gasteiger partial charge on any atom is -0.508 e. The van der Waals surface area contributed by atoms with Crippen molar-refractivity contribution >= 4 is 0 Å². The number of aliphatic hydroxyl groups excluding tert-OH is 1. The van der Waals surface area contributed by atoms with Crippen LogP contribution in [-0.2, 0) is 6.42 Å². The van der Waals surface area contributed by atoms with Crippen LogP contribution in [0.5, 0.6) is 28.7 Å². The maximum Gasteiger partial charge on any atom is 0.154 e. The summed E-state index contributed by atoms with van der Waals surface area (Å²) in [5.41, 5.74) is 0.754. The summed E-state index contributed by atoms with van der Waals surface area (Å²) in [7, 11) is 1.47. The van der Waals surface area contributed by atoms with Gasteiger partial charge in [-0.2, -0.15) is 0 Å². The van der Waals surface area contributed by atoms with E-state index in [0.29, 0.717) is 17.1 Å². The second kappa shape index (κ2) is 5.31. The summed E-state index contributed by atoms with van der Waals surface area (Å²) in [6.45, 7) is 0. The Labute approximate surface area is 126 Å². The first-order valence-electron chi connectivity index (χ1n) is 6.76. The molecular weight excluding hydrogens is 288 g/mol. The predicted molar refractivity (Wildman–Crippen MR) is 77.5 cm³/mol. The molecule has 0 radical (unpaired) electrons. The van der Waals surface area contributed by atoms with Crippen molar-refractivity contribution in [2.24, 2.45) is 0 Å². The van der Waals surface area contributed by atoms with Gasteiger partial charge in [0, 0.05) is 29.7 Å². The molecule has 1 heterocycles. The quantitative estimate of drug-likeness (QED) is 0.632. The van der Waals surface area contributed by atoms with Crippen LogP contribution in [0.2, 0.25) is 0 Å². The molecule has 1 aliphatic rings. The molecule has 0 spiro atoms. The summed E-state index contributed by atoms with van der Waals surface area (Å²) in [5.74, 6) is 0.647. The zero-order chi connectivity index (χ0) is 15.9. The van der Waals surface area contributed by atoms with Gasteiger partial charge in [-0.1, -0.05) is 0 Å². The van der Waals surface area contributed by atoms with Gasteiger partial charge < -0.3 is 29.9 Å². The Morgan fingerprint density at radius 1 is 1.09 bits per heavy atom. The molecule has 0 saturated carbocycles. The molecule has 0 saturated heterocycles. The maximum absolute atomic E-state index is 10.3. The molecule has 2 atom stereocenters. The summed E-state index contributed by atoms with van der Waals surface area (Å²) >= 11 is 0. The minimum atomic E-state index is -0.973. The summed E-state index contributed by atoms with van der Waals surface area (Å²) in [6.07, 6.45) is -1.67. The third-order valence-electron chi connectivity index (χ3n) is 3.73. The van der Waals surface area contributed by atoms with E-state index >= 15 is 0 Å². The lowest BCUT2D eigenvalue weighted by atomic mass is 9.93. The van der Waals surface area contributed by atoms with Crippen molar-refractivity contribution in [1.29, 1.82) is 0 Å². The molecule has 6 heteroatoms. The molecule has 3 rings (SSSR count). The SMILES string of the molecule is COc1cc(O)c2c(c1)O[C@H](c1cc(O)ccc1O)[C@H](O)C2. The van der Waals surface area contributed by atoms with Crippen LogP contribution in [0.4, 0.5) is 0 Å². The summed E-state index contributed by atoms with van der Waals surface area (Å²) < 4.78 is 10.8. The van der Waals surface area contributed by atoms with Crippen molar-refractivity contribution in [3.63, 3.8) is 0 Å². The van der Waals surface area contributed by atoms with E-state index in [1.807, 2.05) is 0 Å². The van der Waals surface area contributed by atoms with Crippen molar-refractivity contribution in [2.45, 2.75) is 18.6 Å². The fraction of sp³-hybridized carbons (Fsp3) is 0.250. The van der Waals surface area contributed by atoms with Crippen LogP contribution in [-0.4, -0.2) is 33.6 Å². The van der Waals surface area contributed by atoms with Gasteiger partial charge in [0.05, 0.1) is 13.2 Å². The number of phenols is 3. The predicted octanol–water partition coefficient (Wildman–Crippen LogP) is 1.85. The van der Waals surface area contributed by atoms with Crippen LogP contribution in [0.15, 0.2) is 30.3 Å². The van der Waals surface area contributed by atoms with Crippen LogP contribution >= 0.6 is 0 Å². The van der Waals surface area contributed by atoms with Gasteiger partial charge in [-0.05, 0) is 18.2 Å². The molecule has 22 heavy (non-hydrogen) atoms. The molecule has 116 valence electrons. The van der Waals surface area contributed by atoms with E-state index < -0.39 is 12.2 Å². The van der Waals surface area contributed by atoms with Crippen molar-refractivity contribution in [3.8, 4) is 28.7 Å². The Kier molecular flexibility index (Phi) is 3.46. The molecule has 0 bridgehead atoms. The molecule has 0 fully saturated rings. The number of phenolic OH excluding ortho intramolecular Hbond substituents is 3. The van der Waals surface area contributed by atoms with Crippen molar-refractivity contribution in [2.75, 3.05) is 7.11 Å². The van der Waals surface area contributed by atoms with Gasteiger partial charge in [0.15, 0.2) is 6.10 Å². The first-order valence-corrected chi connectivity index (χ1v) is 6.76. The Morgan fingerprint density at radius 3 is 2.59 bits per heavy atom. The number of hydrogen-bond donors (Lipinski definition) is 4. The Morgan fingerprint density at radius 2 is 1.86 bits per heavy atom. The molecule has 0 aromatic heterocycles. The molecular formula is C16H16O6. The lowest BCUT2D eigenvalue weighted by molar-refractivity contribution is 0.0184. The lowest BCUT2D eigenvalue weighted by Crippen LogP contribution is -2.30. The monoisotopic (exact) mass is 304 g/mol. The van der Waals surface area contributed by atoms with Crippen molar-refractivity contribution < 1.29 is 29.9 Å². The third kappa shape index (κ3) is 2.37. The summed E-state index contributed by atoms with van der Waals surface area (Å²) in [6, 6.07) is 7.07. The fourth-order valence-electron chi connectivity index (χ4n) is 2.61. The second-order valence-corrected chi connectivity index (χ2v) is 5.18. The second-order valence-electron chi connectivity index (χ2n) is 5.18. The Balaban J connectivity index is 2.03. The normalized spacial score (nSPS) is 20.1. The molecule has 0 aliphatic carbocycles. The number of aliphatic hydroxyl groups is 1. The number of ether oxygens (including phenoxy) is 2. The van der Waals surface area contributed by atoms with Gasteiger partial charge in [-0.3, -0.25) is 0 Å². The average molecular weight is 304 g/mol. The highest BCUT2D eigenvalue weighted by atomic mass is 16.5. The average Bonchev–Trinajstić information content (AvgIpc) is 2.50. The van der Waals surface area contributed by atoms with Crippen molar-refractivity contribution in [3.05, 3.63) is 41.5 Å². The van der Waals surface area contributed by atoms with Gasteiger partial charge in [0.2, 0.25) is 0 Å². The lowest BCUT2D eigenvalue weighted by Gasteiger charge is -2.31. The van der Waals surface area contributed by atoms with Crippen LogP contribution < -0.4 is 9.47 Å². The number of benzene rings is 2. The van der Waals surface area contributed by atoms with Gasteiger partial charge in [-0.25, -0.2) is 0 Å². The molecule has 2 aromatic carbocycles. The van der Waals surface area contributed by atoms with Crippen molar-refractivity contribution in [1.82, 2.24) is 0 Å². The van der Waals surface area contributed by atoms with Crippen LogP contribution in [0.1, 0.15) is 17.2 Å². The zero-order valence-electron chi connectivity index (χ0n) is 11.9. The maximum atomic E-state index is 10.3. The van der Waals surface area contributed by atoms with E-state index in [9.17, 15) is 20.4 Å². The van der Waals surface area contributed by atoms with E-state index in [1.54, 1.807) is 6.07 Å². The van der Waals surface area contributed by atoms with Crippen LogP contribution in [0.3, 0.4) is 0 Å². The highest BCUT2D eigenvalue weighted by molar-refractivity contribution is 5.52. The third-order valence-corrected chi connectivity index (χ3v) is 3.73. The Bertz CT molecular complexity index is 712. The largest absolute Gasteiger partial charge is 0.508 e. The first-order chi connectivity index (χ1) is 10.5. The van der Waals surface area contributed by atoms with E-state index in [4.69, 9.17) is 9.47 Å². The summed E-state index contributed by atoms with van der Waals surface area (Å²) in [5, 5.41) is 39.8. The molecule has 2 aromatic rings. The number of hydrogen-bond acceptors (Lipinski definition) is 6. The van der Waals surface area contributed by atoms with Crippen LogP contribution in [0.25, 0.3) is 0 Å². The molecule has 6 nitrogen and oxygen atoms in total. The van der Waals surface area contributed by atoms with E-state index in [2.05, 4.69) is 0 Å². The Hall–Kier alpha value is -2.60. The van der Waals surface area contributed by atoms with Gasteiger partial charge in [0.25, 0.3) is 0 Å². The van der Waals surface area contributed by atoms with Gasteiger partial charge in [0.1, 0.15) is 28.7 Å². The zero-order valence-corrected chi connectivity index (χ0v) is 11.9. The standard InChI is InChI=1S/C16H16O6/c1-21-9-5-13(19)10-7-14(20)16(22-15(10)6-9)11-4-8(17)2-3-12(11)18/h2-6,14,16-20H,7H2,1H3/t14-,16-/m1/s1. The number of aromatic hydroxyl groups is 3. The molecule has 4 N–H and O–H groups in total. The first kappa shape index (κ1) is 14.3. The highest BCUT2D eigenvalue weighted by Gasteiger charge is 2.33. The van der Waals surface area contributed by atoms with Crippen LogP contribution in [0, 0.1) is 0 Å². The molecule has 0 unspecified atom stereocenters. The molecule has 0 amide bonds. The smallest absolute Gasteiger partial charge is 0.154 e. The fourth-order valence-corrected chi connectivity index (χ4v) is 2.61. The number of fused-ring (bicyclic) bond motifs is 1. The minimum absolute atomic E-state index is 0.0213. The van der Waals surface area contributed by atoms with Gasteiger partial charge >= 0.3 is 0 Å². The highest BCUT2D eigenvalue weighted by Crippen LogP contribution is 2.43. The van der Waals surface area contributed by atoms with E-state index in [-0.39, 0.29) is 29.2 Å². The summed E-state index contributed by atoms with van der Waals surface area (Å²) in [4.78, 5) is 0. The van der Waals surface area contributed by atoms with E-state index in [1.165, 1.54) is 31.4 Å². The number of rotatable bonds is 2. The van der Waals surface area contributed by atoms with E-state index in [0.717, 1.165) is 0 Å². The topological polar surface area (TPSA) is 99.4 Å². The number of methoxy groups -OCH3 is 1.